The summed E-state index contributed by atoms with van der Waals surface area (Å²) in [5, 5.41) is 12.9. The van der Waals surface area contributed by atoms with E-state index in [0.29, 0.717) is 28.8 Å². The number of fused-ring (bicyclic) bond motifs is 1. The third-order valence-electron chi connectivity index (χ3n) is 6.42. The Morgan fingerprint density at radius 1 is 1.08 bits per heavy atom. The number of nitrogens with one attached hydrogen (secondary N) is 1. The molecule has 2 aliphatic rings. The molecule has 9 heteroatoms. The number of esters is 2. The summed E-state index contributed by atoms with van der Waals surface area (Å²) in [5.74, 6) is -2.72. The Bertz CT molecular complexity index is 1260. The fourth-order valence-corrected chi connectivity index (χ4v) is 4.51. The summed E-state index contributed by atoms with van der Waals surface area (Å²) in [7, 11) is 0. The molecule has 0 aromatic heterocycles. The number of amides is 2. The Morgan fingerprint density at radius 3 is 2.43 bits per heavy atom. The van der Waals surface area contributed by atoms with E-state index in [1.807, 2.05) is 18.2 Å². The van der Waals surface area contributed by atoms with E-state index in [9.17, 15) is 24.3 Å². The smallest absolute Gasteiger partial charge is 0.358 e. The molecule has 1 saturated heterocycles. The summed E-state index contributed by atoms with van der Waals surface area (Å²) in [6.45, 7) is 5.97. The van der Waals surface area contributed by atoms with E-state index >= 15 is 0 Å². The van der Waals surface area contributed by atoms with Gasteiger partial charge in [-0.3, -0.25) is 14.4 Å². The molecule has 0 bridgehead atoms. The van der Waals surface area contributed by atoms with Crippen LogP contribution >= 0.6 is 0 Å². The Kier molecular flexibility index (Phi) is 7.18. The molecule has 9 nitrogen and oxygen atoms in total. The lowest BCUT2D eigenvalue weighted by Gasteiger charge is -2.44. The largest absolute Gasteiger partial charge is 0.427 e. The van der Waals surface area contributed by atoms with Crippen molar-refractivity contribution in [3.05, 3.63) is 71.4 Å². The zero-order valence-corrected chi connectivity index (χ0v) is 21.2. The number of benzene rings is 2. The highest BCUT2D eigenvalue weighted by Gasteiger charge is 2.57. The summed E-state index contributed by atoms with van der Waals surface area (Å²) < 4.78 is 10.3. The highest BCUT2D eigenvalue weighted by Crippen LogP contribution is 2.47. The number of ether oxygens (including phenoxy) is 2. The molecule has 0 spiro atoms. The van der Waals surface area contributed by atoms with Crippen LogP contribution in [0.25, 0.3) is 5.57 Å². The molecular formula is C28H30N2O7. The number of aliphatic hydroxyl groups excluding tert-OH is 1. The van der Waals surface area contributed by atoms with Crippen molar-refractivity contribution < 1.29 is 33.8 Å². The molecule has 2 heterocycles. The number of carbonyl (C=O) groups excluding carboxylic acids is 4. The maximum atomic E-state index is 13.1. The van der Waals surface area contributed by atoms with E-state index in [0.717, 1.165) is 0 Å². The summed E-state index contributed by atoms with van der Waals surface area (Å²) in [5.41, 5.74) is 1.36. The number of β-lactam (4-membered cyclic amide) rings is 1. The van der Waals surface area contributed by atoms with Crippen LogP contribution in [0.5, 0.6) is 0 Å². The monoisotopic (exact) mass is 506 g/mol. The predicted molar refractivity (Wildman–Crippen MR) is 135 cm³/mol. The zero-order valence-electron chi connectivity index (χ0n) is 21.2. The number of aliphatic hydroxyl groups is 1. The molecule has 0 radical (unpaired) electrons. The maximum Gasteiger partial charge on any atom is 0.358 e. The summed E-state index contributed by atoms with van der Waals surface area (Å²) in [6, 6.07) is 15.3. The molecule has 2 amide bonds. The minimum absolute atomic E-state index is 0.0272. The third-order valence-corrected chi connectivity index (χ3v) is 6.42. The first-order chi connectivity index (χ1) is 17.5. The molecule has 194 valence electrons. The number of carbonyl (C=O) groups is 4. The van der Waals surface area contributed by atoms with Crippen LogP contribution in [0, 0.1) is 11.3 Å². The van der Waals surface area contributed by atoms with Gasteiger partial charge in [-0.25, -0.2) is 4.79 Å². The molecular weight excluding hydrogens is 476 g/mol. The second-order valence-electron chi connectivity index (χ2n) is 10.2. The Balaban J connectivity index is 1.61. The molecule has 1 fully saturated rings. The minimum Gasteiger partial charge on any atom is -0.427 e. The lowest BCUT2D eigenvalue weighted by atomic mass is 9.82. The highest BCUT2D eigenvalue weighted by atomic mass is 16.7. The van der Waals surface area contributed by atoms with Gasteiger partial charge >= 0.3 is 11.9 Å². The van der Waals surface area contributed by atoms with Crippen LogP contribution < -0.4 is 5.32 Å². The van der Waals surface area contributed by atoms with Crippen LogP contribution in [0.1, 0.15) is 50.0 Å². The topological polar surface area (TPSA) is 122 Å². The number of para-hydroxylation sites is 1. The van der Waals surface area contributed by atoms with Crippen molar-refractivity contribution in [2.75, 3.05) is 12.1 Å². The van der Waals surface area contributed by atoms with E-state index in [4.69, 9.17) is 9.47 Å². The lowest BCUT2D eigenvalue weighted by Crippen LogP contribution is -2.61. The van der Waals surface area contributed by atoms with Crippen molar-refractivity contribution in [1.29, 1.82) is 0 Å². The second kappa shape index (κ2) is 10.2. The zero-order chi connectivity index (χ0) is 26.9. The van der Waals surface area contributed by atoms with Crippen molar-refractivity contribution in [3.63, 3.8) is 0 Å². The SMILES string of the molecule is CC(O)C1C(=O)N2C(C(=O)OCOC(=O)C(C)(C)C)=C(c3cccc(C(=O)Nc4ccccc4)c3)CC12. The Labute approximate surface area is 215 Å². The van der Waals surface area contributed by atoms with Crippen molar-refractivity contribution in [3.8, 4) is 0 Å². The first kappa shape index (κ1) is 26.1. The van der Waals surface area contributed by atoms with Gasteiger partial charge in [-0.15, -0.1) is 0 Å². The van der Waals surface area contributed by atoms with Crippen LogP contribution in [-0.2, 0) is 23.9 Å². The lowest BCUT2D eigenvalue weighted by molar-refractivity contribution is -0.175. The second-order valence-corrected chi connectivity index (χ2v) is 10.2. The van der Waals surface area contributed by atoms with E-state index in [2.05, 4.69) is 5.32 Å². The number of hydrogen-bond donors (Lipinski definition) is 2. The Morgan fingerprint density at radius 2 is 1.78 bits per heavy atom. The first-order valence-corrected chi connectivity index (χ1v) is 12.0. The molecule has 3 unspecified atom stereocenters. The van der Waals surface area contributed by atoms with Gasteiger partial charge in [-0.1, -0.05) is 30.3 Å². The van der Waals surface area contributed by atoms with Crippen LogP contribution in [0.4, 0.5) is 5.69 Å². The van der Waals surface area contributed by atoms with Gasteiger partial charge in [-0.05, 0) is 69.5 Å². The quantitative estimate of drug-likeness (QED) is 0.335. The van der Waals surface area contributed by atoms with Gasteiger partial charge in [0.25, 0.3) is 5.91 Å². The predicted octanol–water partition coefficient (Wildman–Crippen LogP) is 3.35. The van der Waals surface area contributed by atoms with Crippen LogP contribution in [0.2, 0.25) is 0 Å². The molecule has 2 aliphatic heterocycles. The van der Waals surface area contributed by atoms with E-state index in [1.54, 1.807) is 57.2 Å². The van der Waals surface area contributed by atoms with Crippen molar-refractivity contribution in [1.82, 2.24) is 4.90 Å². The minimum atomic E-state index is -0.888. The first-order valence-electron chi connectivity index (χ1n) is 12.0. The highest BCUT2D eigenvalue weighted by molar-refractivity contribution is 6.08. The third kappa shape index (κ3) is 5.27. The number of nitrogens with zero attached hydrogens (tertiary/aromatic N) is 1. The molecule has 0 saturated carbocycles. The summed E-state index contributed by atoms with van der Waals surface area (Å²) in [4.78, 5) is 52.2. The molecule has 2 aromatic rings. The van der Waals surface area contributed by atoms with Crippen molar-refractivity contribution in [2.45, 2.75) is 46.3 Å². The molecule has 3 atom stereocenters. The fraction of sp³-hybridized carbons (Fsp3) is 0.357. The van der Waals surface area contributed by atoms with Crippen LogP contribution in [0.3, 0.4) is 0 Å². The van der Waals surface area contributed by atoms with Crippen molar-refractivity contribution in [2.24, 2.45) is 11.3 Å². The van der Waals surface area contributed by atoms with Gasteiger partial charge < -0.3 is 24.8 Å². The fourth-order valence-electron chi connectivity index (χ4n) is 4.51. The molecule has 2 N–H and O–H groups in total. The van der Waals surface area contributed by atoms with Gasteiger partial charge in [0.15, 0.2) is 0 Å². The van der Waals surface area contributed by atoms with Crippen LogP contribution in [0.15, 0.2) is 60.3 Å². The van der Waals surface area contributed by atoms with Gasteiger partial charge in [0.2, 0.25) is 12.7 Å². The van der Waals surface area contributed by atoms with Gasteiger partial charge in [0, 0.05) is 11.3 Å². The van der Waals surface area contributed by atoms with E-state index in [-0.39, 0.29) is 17.5 Å². The van der Waals surface area contributed by atoms with Crippen LogP contribution in [-0.4, -0.2) is 52.7 Å². The summed E-state index contributed by atoms with van der Waals surface area (Å²) in [6.07, 6.45) is -0.585. The summed E-state index contributed by atoms with van der Waals surface area (Å²) >= 11 is 0. The van der Waals surface area contributed by atoms with Crippen molar-refractivity contribution >= 4 is 35.0 Å². The maximum absolute atomic E-state index is 13.1. The number of anilines is 1. The average molecular weight is 507 g/mol. The number of rotatable bonds is 7. The average Bonchev–Trinajstić information content (AvgIpc) is 3.19. The number of hydrogen-bond acceptors (Lipinski definition) is 7. The van der Waals surface area contributed by atoms with E-state index < -0.39 is 42.2 Å². The molecule has 37 heavy (non-hydrogen) atoms. The van der Waals surface area contributed by atoms with E-state index in [1.165, 1.54) is 11.8 Å². The molecule has 0 aliphatic carbocycles. The normalized spacial score (nSPS) is 19.6. The van der Waals surface area contributed by atoms with Gasteiger partial charge in [0.1, 0.15) is 5.70 Å². The molecule has 4 rings (SSSR count). The Hall–Kier alpha value is -3.98. The molecule has 2 aromatic carbocycles. The standard InChI is InChI=1S/C28H30N2O7/c1-16(31)22-21-14-20(17-9-8-10-18(13-17)24(32)29-19-11-6-5-7-12-19)23(30(21)25(22)33)26(34)36-15-37-27(35)28(2,3)4/h5-13,16,21-22,31H,14-15H2,1-4H3,(H,29,32). The van der Waals surface area contributed by atoms with Gasteiger partial charge in [-0.2, -0.15) is 0 Å². The van der Waals surface area contributed by atoms with Gasteiger partial charge in [0.05, 0.1) is 23.5 Å².